The van der Waals surface area contributed by atoms with E-state index in [9.17, 15) is 14.7 Å². The number of nitrogens with zero attached hydrogens (tertiary/aromatic N) is 7. The van der Waals surface area contributed by atoms with Crippen molar-refractivity contribution in [2.75, 3.05) is 24.5 Å². The van der Waals surface area contributed by atoms with Gasteiger partial charge in [-0.15, -0.1) is 0 Å². The lowest BCUT2D eigenvalue weighted by Gasteiger charge is -2.25. The summed E-state index contributed by atoms with van der Waals surface area (Å²) in [4.78, 5) is 38.0. The third kappa shape index (κ3) is 6.06. The molecular weight excluding hydrogens is 599 g/mol. The molecule has 1 aromatic carbocycles. The zero-order valence-electron chi connectivity index (χ0n) is 27.3. The summed E-state index contributed by atoms with van der Waals surface area (Å²) in [6, 6.07) is 10.4. The standard InChI is InChI=1S/C35H39FN8O3/c1-6-43(30-8-7-22(18-39-30)21-9-12-37-13-10-21)29-17-28(41-42(5)33(29)46)25-11-14-38-32(26(25)20-45)44-34(47)31-23(19-40-44)15-24(16-27(31)36)35(2,3)4/h7-8,11,14-19,21,37,45H,6,9-10,12-13,20H2,1-5H3. The van der Waals surface area contributed by atoms with Crippen LogP contribution in [0.4, 0.5) is 15.9 Å². The fourth-order valence-corrected chi connectivity index (χ4v) is 6.20. The maximum atomic E-state index is 15.4. The molecule has 6 rings (SSSR count). The quantitative estimate of drug-likeness (QED) is 0.265. The Morgan fingerprint density at radius 1 is 1.04 bits per heavy atom. The largest absolute Gasteiger partial charge is 0.392 e. The van der Waals surface area contributed by atoms with Crippen molar-refractivity contribution in [3.63, 3.8) is 0 Å². The van der Waals surface area contributed by atoms with Crippen molar-refractivity contribution in [1.29, 1.82) is 0 Å². The number of aliphatic hydroxyl groups is 1. The van der Waals surface area contributed by atoms with Gasteiger partial charge in [-0.1, -0.05) is 26.8 Å². The molecule has 0 aliphatic carbocycles. The molecule has 1 fully saturated rings. The first kappa shape index (κ1) is 32.1. The van der Waals surface area contributed by atoms with E-state index in [-0.39, 0.29) is 27.7 Å². The Labute approximate surface area is 271 Å². The van der Waals surface area contributed by atoms with Gasteiger partial charge < -0.3 is 15.3 Å². The maximum Gasteiger partial charge on any atom is 0.290 e. The molecule has 1 aliphatic heterocycles. The lowest BCUT2D eigenvalue weighted by molar-refractivity contribution is 0.281. The van der Waals surface area contributed by atoms with Crippen molar-refractivity contribution < 1.29 is 9.50 Å². The van der Waals surface area contributed by atoms with E-state index in [0.29, 0.717) is 40.6 Å². The van der Waals surface area contributed by atoms with Crippen molar-refractivity contribution in [1.82, 2.24) is 34.8 Å². The minimum Gasteiger partial charge on any atom is -0.392 e. The van der Waals surface area contributed by atoms with Gasteiger partial charge in [-0.05, 0) is 85.6 Å². The van der Waals surface area contributed by atoms with E-state index in [1.54, 1.807) is 25.2 Å². The molecule has 0 amide bonds. The Kier molecular flexibility index (Phi) is 8.73. The third-order valence-corrected chi connectivity index (χ3v) is 8.88. The molecule has 5 aromatic rings. The van der Waals surface area contributed by atoms with Gasteiger partial charge in [0.15, 0.2) is 5.82 Å². The maximum absolute atomic E-state index is 15.4. The molecular formula is C35H39FN8O3. The molecule has 12 heteroatoms. The fourth-order valence-electron chi connectivity index (χ4n) is 6.20. The smallest absolute Gasteiger partial charge is 0.290 e. The predicted molar refractivity (Wildman–Crippen MR) is 180 cm³/mol. The van der Waals surface area contributed by atoms with Crippen LogP contribution in [-0.4, -0.2) is 54.3 Å². The second-order valence-electron chi connectivity index (χ2n) is 12.9. The Bertz CT molecular complexity index is 2060. The molecule has 244 valence electrons. The highest BCUT2D eigenvalue weighted by Gasteiger charge is 2.23. The number of fused-ring (bicyclic) bond motifs is 1. The number of aryl methyl sites for hydroxylation is 1. The Balaban J connectivity index is 1.43. The molecule has 5 heterocycles. The summed E-state index contributed by atoms with van der Waals surface area (Å²) >= 11 is 0. The summed E-state index contributed by atoms with van der Waals surface area (Å²) < 4.78 is 17.6. The zero-order valence-corrected chi connectivity index (χ0v) is 27.3. The number of pyridine rings is 2. The number of anilines is 2. The minimum atomic E-state index is -0.704. The first-order valence-electron chi connectivity index (χ1n) is 15.9. The van der Waals surface area contributed by atoms with Gasteiger partial charge in [-0.25, -0.2) is 19.0 Å². The number of aromatic nitrogens is 6. The number of rotatable bonds is 7. The number of halogens is 1. The molecule has 0 bridgehead atoms. The molecule has 0 unspecified atom stereocenters. The molecule has 2 N–H and O–H groups in total. The number of hydrogen-bond donors (Lipinski definition) is 2. The Morgan fingerprint density at radius 3 is 2.47 bits per heavy atom. The van der Waals surface area contributed by atoms with Crippen LogP contribution in [0.3, 0.4) is 0 Å². The van der Waals surface area contributed by atoms with Crippen molar-refractivity contribution in [3.05, 3.63) is 98.2 Å². The summed E-state index contributed by atoms with van der Waals surface area (Å²) in [6.07, 6.45) is 6.90. The molecule has 0 saturated carbocycles. The molecule has 0 spiro atoms. The molecule has 4 aromatic heterocycles. The summed E-state index contributed by atoms with van der Waals surface area (Å²) in [6.45, 7) is 9.74. The van der Waals surface area contributed by atoms with E-state index < -0.39 is 18.0 Å². The lowest BCUT2D eigenvalue weighted by atomic mass is 9.86. The summed E-state index contributed by atoms with van der Waals surface area (Å²) in [5.74, 6) is 0.460. The van der Waals surface area contributed by atoms with E-state index in [1.165, 1.54) is 28.7 Å². The Morgan fingerprint density at radius 2 is 1.81 bits per heavy atom. The van der Waals surface area contributed by atoms with E-state index in [1.807, 2.05) is 44.9 Å². The van der Waals surface area contributed by atoms with Crippen LogP contribution in [0.15, 0.2) is 64.6 Å². The first-order chi connectivity index (χ1) is 22.5. The van der Waals surface area contributed by atoms with Gasteiger partial charge in [0.2, 0.25) is 0 Å². The second-order valence-corrected chi connectivity index (χ2v) is 12.9. The van der Waals surface area contributed by atoms with Crippen LogP contribution in [0.5, 0.6) is 0 Å². The van der Waals surface area contributed by atoms with Crippen LogP contribution in [-0.2, 0) is 19.1 Å². The second kappa shape index (κ2) is 12.8. The first-order valence-corrected chi connectivity index (χ1v) is 15.9. The van der Waals surface area contributed by atoms with Crippen LogP contribution >= 0.6 is 0 Å². The minimum absolute atomic E-state index is 0.0379. The van der Waals surface area contributed by atoms with Gasteiger partial charge in [0, 0.05) is 42.5 Å². The van der Waals surface area contributed by atoms with Crippen molar-refractivity contribution in [3.8, 4) is 17.1 Å². The zero-order chi connectivity index (χ0) is 33.5. The average Bonchev–Trinajstić information content (AvgIpc) is 3.06. The predicted octanol–water partition coefficient (Wildman–Crippen LogP) is 4.49. The molecule has 11 nitrogen and oxygen atoms in total. The van der Waals surface area contributed by atoms with Gasteiger partial charge in [0.05, 0.1) is 23.9 Å². The highest BCUT2D eigenvalue weighted by atomic mass is 19.1. The van der Waals surface area contributed by atoms with Gasteiger partial charge in [0.25, 0.3) is 11.1 Å². The highest BCUT2D eigenvalue weighted by molar-refractivity contribution is 5.83. The van der Waals surface area contributed by atoms with Crippen LogP contribution in [0.25, 0.3) is 27.8 Å². The van der Waals surface area contributed by atoms with Gasteiger partial charge in [-0.2, -0.15) is 14.9 Å². The fraction of sp³-hybridized carbons (Fsp3) is 0.371. The number of hydrogen-bond acceptors (Lipinski definition) is 9. The SMILES string of the molecule is CCN(c1ccc(C2CCNCC2)cn1)c1cc(-c2ccnc(-n3ncc4cc(C(C)(C)C)cc(F)c4c3=O)c2CO)nn(C)c1=O. The number of piperidine rings is 1. The van der Waals surface area contributed by atoms with Crippen LogP contribution in [0.2, 0.25) is 0 Å². The van der Waals surface area contributed by atoms with Crippen molar-refractivity contribution >= 4 is 22.3 Å². The van der Waals surface area contributed by atoms with E-state index in [0.717, 1.165) is 36.2 Å². The number of aliphatic hydroxyl groups excluding tert-OH is 1. The van der Waals surface area contributed by atoms with E-state index in [2.05, 4.69) is 26.6 Å². The normalized spacial score (nSPS) is 14.1. The van der Waals surface area contributed by atoms with Crippen LogP contribution < -0.4 is 21.3 Å². The molecule has 1 saturated heterocycles. The van der Waals surface area contributed by atoms with Gasteiger partial charge >= 0.3 is 0 Å². The third-order valence-electron chi connectivity index (χ3n) is 8.88. The average molecular weight is 639 g/mol. The van der Waals surface area contributed by atoms with Crippen molar-refractivity contribution in [2.45, 2.75) is 58.5 Å². The summed E-state index contributed by atoms with van der Waals surface area (Å²) in [7, 11) is 1.56. The number of nitrogens with one attached hydrogen (secondary N) is 1. The monoisotopic (exact) mass is 638 g/mol. The summed E-state index contributed by atoms with van der Waals surface area (Å²) in [5.41, 5.74) is 1.97. The topological polar surface area (TPSA) is 131 Å². The van der Waals surface area contributed by atoms with Gasteiger partial charge in [-0.3, -0.25) is 9.59 Å². The number of benzene rings is 1. The Hall–Kier alpha value is -4.81. The molecule has 47 heavy (non-hydrogen) atoms. The van der Waals surface area contributed by atoms with Crippen LogP contribution in [0, 0.1) is 5.82 Å². The lowest BCUT2D eigenvalue weighted by Crippen LogP contribution is -2.30. The van der Waals surface area contributed by atoms with E-state index >= 15 is 4.39 Å². The van der Waals surface area contributed by atoms with E-state index in [4.69, 9.17) is 4.98 Å². The molecule has 0 atom stereocenters. The molecule has 1 aliphatic rings. The summed E-state index contributed by atoms with van der Waals surface area (Å²) in [5, 5.41) is 23.0. The van der Waals surface area contributed by atoms with Crippen LogP contribution in [0.1, 0.15) is 63.1 Å². The highest BCUT2D eigenvalue weighted by Crippen LogP contribution is 2.31. The van der Waals surface area contributed by atoms with Crippen molar-refractivity contribution in [2.24, 2.45) is 7.05 Å². The molecule has 0 radical (unpaired) electrons. The van der Waals surface area contributed by atoms with Gasteiger partial charge in [0.1, 0.15) is 17.3 Å².